The van der Waals surface area contributed by atoms with Crippen LogP contribution in [0.25, 0.3) is 5.76 Å². The molecule has 7 heteroatoms. The van der Waals surface area contributed by atoms with E-state index in [1.807, 2.05) is 19.0 Å². The van der Waals surface area contributed by atoms with Gasteiger partial charge in [-0.3, -0.25) is 9.59 Å². The van der Waals surface area contributed by atoms with E-state index in [4.69, 9.17) is 4.42 Å². The first-order valence-electron chi connectivity index (χ1n) is 8.12. The summed E-state index contributed by atoms with van der Waals surface area (Å²) in [6.07, 6.45) is 1.44. The van der Waals surface area contributed by atoms with Gasteiger partial charge in [-0.05, 0) is 50.5 Å². The second kappa shape index (κ2) is 7.13. The fraction of sp³-hybridized carbons (Fsp3) is 0.263. The molecule has 1 aliphatic heterocycles. The highest BCUT2D eigenvalue weighted by molar-refractivity contribution is 6.46. The van der Waals surface area contributed by atoms with Crippen molar-refractivity contribution in [2.75, 3.05) is 27.2 Å². The van der Waals surface area contributed by atoms with Gasteiger partial charge in [-0.1, -0.05) is 0 Å². The lowest BCUT2D eigenvalue weighted by atomic mass is 9.99. The van der Waals surface area contributed by atoms with Crippen LogP contribution in [0, 0.1) is 5.82 Å². The van der Waals surface area contributed by atoms with Crippen LogP contribution in [-0.2, 0) is 9.59 Å². The molecule has 6 nitrogen and oxygen atoms in total. The Morgan fingerprint density at radius 2 is 1.92 bits per heavy atom. The quantitative estimate of drug-likeness (QED) is 0.505. The number of likely N-dealkylation sites (N-methyl/N-ethyl adjacent to an activating group) is 1. The van der Waals surface area contributed by atoms with Gasteiger partial charge in [-0.25, -0.2) is 4.39 Å². The first kappa shape index (κ1) is 17.9. The SMILES string of the molecule is CN(C)CCN1C(=O)C(=O)/C(=C(\O)c2ccc(F)cc2)C1c1ccco1. The number of hydrogen-bond acceptors (Lipinski definition) is 5. The van der Waals surface area contributed by atoms with E-state index in [1.165, 1.54) is 35.4 Å². The molecule has 2 aromatic rings. The predicted molar refractivity (Wildman–Crippen MR) is 92.7 cm³/mol. The van der Waals surface area contributed by atoms with Gasteiger partial charge in [0, 0.05) is 18.7 Å². The van der Waals surface area contributed by atoms with Crippen molar-refractivity contribution in [3.8, 4) is 0 Å². The second-order valence-corrected chi connectivity index (χ2v) is 6.32. The Hall–Kier alpha value is -2.93. The molecule has 1 aliphatic rings. The van der Waals surface area contributed by atoms with Crippen molar-refractivity contribution in [2.24, 2.45) is 0 Å². The van der Waals surface area contributed by atoms with Crippen molar-refractivity contribution in [3.63, 3.8) is 0 Å². The first-order valence-corrected chi connectivity index (χ1v) is 8.12. The molecule has 1 saturated heterocycles. The van der Waals surface area contributed by atoms with Crippen LogP contribution < -0.4 is 0 Å². The number of amides is 1. The number of benzene rings is 1. The summed E-state index contributed by atoms with van der Waals surface area (Å²) < 4.78 is 18.6. The van der Waals surface area contributed by atoms with E-state index < -0.39 is 23.5 Å². The average Bonchev–Trinajstić information content (AvgIpc) is 3.21. The van der Waals surface area contributed by atoms with E-state index in [1.54, 1.807) is 12.1 Å². The number of aliphatic hydroxyl groups excluding tert-OH is 1. The van der Waals surface area contributed by atoms with Crippen LogP contribution >= 0.6 is 0 Å². The van der Waals surface area contributed by atoms with Gasteiger partial charge in [0.05, 0.1) is 11.8 Å². The van der Waals surface area contributed by atoms with Crippen molar-refractivity contribution in [2.45, 2.75) is 6.04 Å². The number of Topliss-reactive ketones (excluding diaryl/α,β-unsaturated/α-hetero) is 1. The number of rotatable bonds is 5. The summed E-state index contributed by atoms with van der Waals surface area (Å²) in [5.74, 6) is -1.91. The Balaban J connectivity index is 2.09. The number of aliphatic hydroxyl groups is 1. The molecule has 1 unspecified atom stereocenters. The van der Waals surface area contributed by atoms with Gasteiger partial charge < -0.3 is 19.3 Å². The molecular weight excluding hydrogens is 339 g/mol. The number of nitrogens with zero attached hydrogens (tertiary/aromatic N) is 2. The van der Waals surface area contributed by atoms with E-state index >= 15 is 0 Å². The minimum Gasteiger partial charge on any atom is -0.507 e. The summed E-state index contributed by atoms with van der Waals surface area (Å²) in [5.41, 5.74) is 0.198. The molecule has 1 amide bonds. The number of carbonyl (C=O) groups excluding carboxylic acids is 2. The molecule has 0 aliphatic carbocycles. The van der Waals surface area contributed by atoms with Gasteiger partial charge in [0.15, 0.2) is 0 Å². The molecule has 1 atom stereocenters. The summed E-state index contributed by atoms with van der Waals surface area (Å²) in [6.45, 7) is 0.837. The molecule has 0 bridgehead atoms. The molecular formula is C19H19FN2O4. The summed E-state index contributed by atoms with van der Waals surface area (Å²) in [5, 5.41) is 10.7. The maximum atomic E-state index is 13.2. The van der Waals surface area contributed by atoms with E-state index in [0.717, 1.165) is 0 Å². The molecule has 26 heavy (non-hydrogen) atoms. The van der Waals surface area contributed by atoms with Crippen molar-refractivity contribution in [1.82, 2.24) is 9.80 Å². The standard InChI is InChI=1S/C19H19FN2O4/c1-21(2)9-10-22-16(14-4-3-11-26-14)15(18(24)19(22)25)17(23)12-5-7-13(20)8-6-12/h3-8,11,16,23H,9-10H2,1-2H3/b17-15-. The fourth-order valence-corrected chi connectivity index (χ4v) is 2.92. The largest absolute Gasteiger partial charge is 0.507 e. The molecule has 0 radical (unpaired) electrons. The average molecular weight is 358 g/mol. The number of halogens is 1. The van der Waals surface area contributed by atoms with Gasteiger partial charge in [0.2, 0.25) is 0 Å². The highest BCUT2D eigenvalue weighted by atomic mass is 19.1. The van der Waals surface area contributed by atoms with Gasteiger partial charge in [-0.15, -0.1) is 0 Å². The molecule has 0 saturated carbocycles. The monoisotopic (exact) mass is 358 g/mol. The van der Waals surface area contributed by atoms with E-state index in [9.17, 15) is 19.1 Å². The molecule has 1 fully saturated rings. The van der Waals surface area contributed by atoms with Crippen molar-refractivity contribution in [3.05, 3.63) is 65.4 Å². The second-order valence-electron chi connectivity index (χ2n) is 6.32. The van der Waals surface area contributed by atoms with Gasteiger partial charge in [0.25, 0.3) is 11.7 Å². The fourth-order valence-electron chi connectivity index (χ4n) is 2.92. The Kier molecular flexibility index (Phi) is 4.90. The van der Waals surface area contributed by atoms with E-state index in [2.05, 4.69) is 0 Å². The smallest absolute Gasteiger partial charge is 0.295 e. The lowest BCUT2D eigenvalue weighted by Crippen LogP contribution is -2.35. The molecule has 0 spiro atoms. The van der Waals surface area contributed by atoms with Crippen LogP contribution in [0.5, 0.6) is 0 Å². The van der Waals surface area contributed by atoms with Crippen LogP contribution in [0.3, 0.4) is 0 Å². The van der Waals surface area contributed by atoms with Crippen LogP contribution in [0.15, 0.2) is 52.7 Å². The maximum Gasteiger partial charge on any atom is 0.295 e. The molecule has 1 aromatic carbocycles. The van der Waals surface area contributed by atoms with Gasteiger partial charge >= 0.3 is 0 Å². The molecule has 3 rings (SSSR count). The lowest BCUT2D eigenvalue weighted by molar-refractivity contribution is -0.140. The highest BCUT2D eigenvalue weighted by Crippen LogP contribution is 2.39. The molecule has 2 heterocycles. The third-order valence-corrected chi connectivity index (χ3v) is 4.26. The van der Waals surface area contributed by atoms with Gasteiger partial charge in [-0.2, -0.15) is 0 Å². The Morgan fingerprint density at radius 1 is 1.23 bits per heavy atom. The number of furan rings is 1. The van der Waals surface area contributed by atoms with E-state index in [-0.39, 0.29) is 16.9 Å². The molecule has 1 N–H and O–H groups in total. The third-order valence-electron chi connectivity index (χ3n) is 4.26. The van der Waals surface area contributed by atoms with Crippen molar-refractivity contribution in [1.29, 1.82) is 0 Å². The van der Waals surface area contributed by atoms with Crippen LogP contribution in [0.1, 0.15) is 17.4 Å². The molecule has 136 valence electrons. The molecule has 1 aromatic heterocycles. The number of likely N-dealkylation sites (tertiary alicyclic amines) is 1. The van der Waals surface area contributed by atoms with E-state index in [0.29, 0.717) is 18.8 Å². The van der Waals surface area contributed by atoms with Crippen molar-refractivity contribution >= 4 is 17.4 Å². The Labute approximate surface area is 150 Å². The Morgan fingerprint density at radius 3 is 2.50 bits per heavy atom. The predicted octanol–water partition coefficient (Wildman–Crippen LogP) is 2.40. The maximum absolute atomic E-state index is 13.2. The number of ketones is 1. The zero-order valence-electron chi connectivity index (χ0n) is 14.5. The van der Waals surface area contributed by atoms with Crippen molar-refractivity contribution < 1.29 is 23.5 Å². The summed E-state index contributed by atoms with van der Waals surface area (Å²) in [4.78, 5) is 28.4. The minimum absolute atomic E-state index is 0.0599. The van der Waals surface area contributed by atoms with Gasteiger partial charge in [0.1, 0.15) is 23.4 Å². The third kappa shape index (κ3) is 3.25. The number of carbonyl (C=O) groups is 2. The topological polar surface area (TPSA) is 74.0 Å². The zero-order chi connectivity index (χ0) is 18.8. The highest BCUT2D eigenvalue weighted by Gasteiger charge is 2.47. The van der Waals surface area contributed by atoms with Crippen LogP contribution in [0.4, 0.5) is 4.39 Å². The van der Waals surface area contributed by atoms with Crippen LogP contribution in [0.2, 0.25) is 0 Å². The number of hydrogen-bond donors (Lipinski definition) is 1. The summed E-state index contributed by atoms with van der Waals surface area (Å²) in [6, 6.07) is 7.55. The van der Waals surface area contributed by atoms with Crippen LogP contribution in [-0.4, -0.2) is 53.8 Å². The summed E-state index contributed by atoms with van der Waals surface area (Å²) in [7, 11) is 3.72. The Bertz CT molecular complexity index is 841. The minimum atomic E-state index is -0.824. The summed E-state index contributed by atoms with van der Waals surface area (Å²) >= 11 is 0. The normalized spacial score (nSPS) is 19.5. The first-order chi connectivity index (χ1) is 12.4. The lowest BCUT2D eigenvalue weighted by Gasteiger charge is -2.24. The zero-order valence-corrected chi connectivity index (χ0v) is 14.5.